The van der Waals surface area contributed by atoms with Crippen LogP contribution in [0.5, 0.6) is 0 Å². The van der Waals surface area contributed by atoms with Gasteiger partial charge in [0.15, 0.2) is 5.65 Å². The highest BCUT2D eigenvalue weighted by atomic mass is 32.2. The highest BCUT2D eigenvalue weighted by Gasteiger charge is 2.33. The van der Waals surface area contributed by atoms with Crippen LogP contribution < -0.4 is 16.0 Å². The smallest absolute Gasteiger partial charge is 0.326 e. The molecule has 10 nitrogen and oxygen atoms in total. The summed E-state index contributed by atoms with van der Waals surface area (Å²) in [6.45, 7) is 0.596. The molecule has 0 aromatic carbocycles. The van der Waals surface area contributed by atoms with Crippen LogP contribution in [-0.2, 0) is 9.59 Å². The number of alkyl halides is 1. The highest BCUT2D eigenvalue weighted by Crippen LogP contribution is 2.45. The number of carbonyl (C=O) groups excluding carboxylic acids is 3. The predicted molar refractivity (Wildman–Crippen MR) is 123 cm³/mol. The van der Waals surface area contributed by atoms with Gasteiger partial charge in [-0.3, -0.25) is 14.9 Å². The first-order valence-electron chi connectivity index (χ1n) is 11.2. The first-order chi connectivity index (χ1) is 16.4. The summed E-state index contributed by atoms with van der Waals surface area (Å²) >= 11 is 1.44. The van der Waals surface area contributed by atoms with Gasteiger partial charge in [-0.15, -0.1) is 11.8 Å². The minimum Gasteiger partial charge on any atom is -0.367 e. The number of thioether (sulfide) groups is 1. The van der Waals surface area contributed by atoms with E-state index in [1.807, 2.05) is 12.1 Å². The van der Waals surface area contributed by atoms with Crippen LogP contribution in [0.3, 0.4) is 0 Å². The third-order valence-electron chi connectivity index (χ3n) is 6.21. The average molecular weight is 484 g/mol. The zero-order chi connectivity index (χ0) is 23.4. The maximum Gasteiger partial charge on any atom is 0.326 e. The fraction of sp³-hybridized carbons (Fsp3) is 0.409. The molecule has 2 aromatic heterocycles. The zero-order valence-electron chi connectivity index (χ0n) is 18.1. The summed E-state index contributed by atoms with van der Waals surface area (Å²) in [5.74, 6) is 0.156. The van der Waals surface area contributed by atoms with Gasteiger partial charge in [0.25, 0.3) is 11.8 Å². The summed E-state index contributed by atoms with van der Waals surface area (Å²) in [6, 6.07) is 1.76. The van der Waals surface area contributed by atoms with Gasteiger partial charge in [-0.25, -0.2) is 14.2 Å². The van der Waals surface area contributed by atoms with E-state index in [0.717, 1.165) is 24.4 Å². The van der Waals surface area contributed by atoms with Crippen LogP contribution >= 0.6 is 11.8 Å². The van der Waals surface area contributed by atoms with E-state index in [9.17, 15) is 18.8 Å². The van der Waals surface area contributed by atoms with Gasteiger partial charge in [0.2, 0.25) is 0 Å². The number of anilines is 1. The predicted octanol–water partition coefficient (Wildman–Crippen LogP) is 2.12. The van der Waals surface area contributed by atoms with Crippen molar-refractivity contribution in [3.8, 4) is 0 Å². The van der Waals surface area contributed by atoms with Gasteiger partial charge in [-0.05, 0) is 31.8 Å². The molecule has 3 fully saturated rings. The summed E-state index contributed by atoms with van der Waals surface area (Å²) in [4.78, 5) is 43.3. The fourth-order valence-corrected chi connectivity index (χ4v) is 5.45. The Labute approximate surface area is 198 Å². The number of allylic oxidation sites excluding steroid dienone is 1. The first kappa shape index (κ1) is 21.1. The van der Waals surface area contributed by atoms with Gasteiger partial charge < -0.3 is 15.5 Å². The summed E-state index contributed by atoms with van der Waals surface area (Å²) < 4.78 is 15.3. The van der Waals surface area contributed by atoms with E-state index < -0.39 is 18.1 Å². The third-order valence-corrected chi connectivity index (χ3v) is 7.53. The molecule has 5 heterocycles. The second kappa shape index (κ2) is 8.12. The molecule has 2 atom stereocenters. The lowest BCUT2D eigenvalue weighted by atomic mass is 10.2. The topological polar surface area (TPSA) is 121 Å². The number of urea groups is 1. The van der Waals surface area contributed by atoms with Crippen LogP contribution in [0, 0.1) is 0 Å². The van der Waals surface area contributed by atoms with Crippen molar-refractivity contribution < 1.29 is 18.8 Å². The molecule has 2 aromatic rings. The normalized spacial score (nSPS) is 25.7. The SMILES string of the molecule is O=C1NC(=O)/C(=C/c2cnn3c(NC4CC4)cc(C4CC=C(C(=O)N5CC[C@@H](F)C5)S4)nc23)N1. The zero-order valence-corrected chi connectivity index (χ0v) is 18.9. The van der Waals surface area contributed by atoms with Crippen molar-refractivity contribution in [2.75, 3.05) is 18.4 Å². The Hall–Kier alpha value is -3.41. The number of nitrogens with zero attached hydrogens (tertiary/aromatic N) is 4. The number of likely N-dealkylation sites (tertiary alicyclic amines) is 1. The van der Waals surface area contributed by atoms with Crippen molar-refractivity contribution in [2.45, 2.75) is 43.1 Å². The number of hydrogen-bond donors (Lipinski definition) is 3. The average Bonchev–Trinajstić information content (AvgIpc) is 3.18. The van der Waals surface area contributed by atoms with Gasteiger partial charge in [0.1, 0.15) is 17.7 Å². The van der Waals surface area contributed by atoms with Crippen LogP contribution in [0.25, 0.3) is 11.7 Å². The largest absolute Gasteiger partial charge is 0.367 e. The Morgan fingerprint density at radius 1 is 1.26 bits per heavy atom. The Morgan fingerprint density at radius 3 is 2.82 bits per heavy atom. The number of aromatic nitrogens is 3. The summed E-state index contributed by atoms with van der Waals surface area (Å²) in [5, 5.41) is 12.5. The summed E-state index contributed by atoms with van der Waals surface area (Å²) in [6.07, 6.45) is 7.28. The number of hydrogen-bond acceptors (Lipinski definition) is 7. The number of carbonyl (C=O) groups is 3. The van der Waals surface area contributed by atoms with E-state index in [0.29, 0.717) is 41.5 Å². The second-order valence-electron chi connectivity index (χ2n) is 8.83. The molecule has 12 heteroatoms. The molecule has 0 radical (unpaired) electrons. The molecule has 1 aliphatic carbocycles. The Kier molecular flexibility index (Phi) is 5.05. The van der Waals surface area contributed by atoms with E-state index in [4.69, 9.17) is 4.98 Å². The molecule has 4 aliphatic rings. The molecular weight excluding hydrogens is 461 g/mol. The molecule has 1 unspecified atom stereocenters. The van der Waals surface area contributed by atoms with Crippen molar-refractivity contribution in [2.24, 2.45) is 0 Å². The minimum atomic E-state index is -0.951. The quantitative estimate of drug-likeness (QED) is 0.440. The van der Waals surface area contributed by atoms with E-state index in [-0.39, 0.29) is 23.4 Å². The van der Waals surface area contributed by atoms with Gasteiger partial charge >= 0.3 is 6.03 Å². The Bertz CT molecular complexity index is 1280. The summed E-state index contributed by atoms with van der Waals surface area (Å²) in [7, 11) is 0. The fourth-order valence-electron chi connectivity index (χ4n) is 4.28. The molecule has 176 valence electrons. The molecule has 6 rings (SSSR count). The van der Waals surface area contributed by atoms with Crippen LogP contribution in [0.1, 0.15) is 42.2 Å². The molecule has 3 N–H and O–H groups in total. The number of imide groups is 1. The number of fused-ring (bicyclic) bond motifs is 1. The van der Waals surface area contributed by atoms with Crippen molar-refractivity contribution in [3.63, 3.8) is 0 Å². The van der Waals surface area contributed by atoms with Crippen LogP contribution in [0.15, 0.2) is 28.9 Å². The maximum atomic E-state index is 13.6. The lowest BCUT2D eigenvalue weighted by Crippen LogP contribution is -2.29. The lowest BCUT2D eigenvalue weighted by molar-refractivity contribution is -0.125. The van der Waals surface area contributed by atoms with Crippen molar-refractivity contribution in [1.29, 1.82) is 0 Å². The number of amides is 4. The monoisotopic (exact) mass is 483 g/mol. The molecule has 3 aliphatic heterocycles. The minimum absolute atomic E-state index is 0.0719. The van der Waals surface area contributed by atoms with E-state index in [1.54, 1.807) is 21.7 Å². The molecule has 0 bridgehead atoms. The standard InChI is InChI=1S/C22H22FN7O3S/c23-12-5-6-29(10-12)21(32)17-4-3-16(34-17)14-8-18(25-13-1-2-13)30-19(26-14)11(9-24-30)7-15-20(31)28-22(33)27-15/h4,7-9,12-13,16,25H,1-3,5-6,10H2,(H2,27,28,31,33)/b15-7-/t12-,16?/m1/s1. The molecule has 2 saturated heterocycles. The molecular formula is C22H22FN7O3S. The van der Waals surface area contributed by atoms with Gasteiger partial charge in [-0.1, -0.05) is 6.08 Å². The van der Waals surface area contributed by atoms with Gasteiger partial charge in [-0.2, -0.15) is 9.61 Å². The number of nitrogens with one attached hydrogen (secondary N) is 3. The molecule has 0 spiro atoms. The molecule has 34 heavy (non-hydrogen) atoms. The molecule has 4 amide bonds. The van der Waals surface area contributed by atoms with E-state index in [1.165, 1.54) is 11.8 Å². The van der Waals surface area contributed by atoms with Crippen LogP contribution in [-0.4, -0.2) is 62.6 Å². The first-order valence-corrected chi connectivity index (χ1v) is 12.1. The lowest BCUT2D eigenvalue weighted by Gasteiger charge is -2.17. The second-order valence-corrected chi connectivity index (χ2v) is 10.1. The van der Waals surface area contributed by atoms with Gasteiger partial charge in [0, 0.05) is 24.2 Å². The van der Waals surface area contributed by atoms with E-state index >= 15 is 0 Å². The highest BCUT2D eigenvalue weighted by molar-refractivity contribution is 8.04. The Morgan fingerprint density at radius 2 is 2.12 bits per heavy atom. The third kappa shape index (κ3) is 3.91. The Balaban J connectivity index is 1.31. The van der Waals surface area contributed by atoms with Gasteiger partial charge in [0.05, 0.1) is 28.6 Å². The van der Waals surface area contributed by atoms with Crippen LogP contribution in [0.2, 0.25) is 0 Å². The van der Waals surface area contributed by atoms with Crippen molar-refractivity contribution in [1.82, 2.24) is 30.1 Å². The van der Waals surface area contributed by atoms with Crippen molar-refractivity contribution in [3.05, 3.63) is 40.2 Å². The number of halogens is 1. The number of rotatable bonds is 5. The maximum absolute atomic E-state index is 13.6. The van der Waals surface area contributed by atoms with E-state index in [2.05, 4.69) is 21.0 Å². The molecule has 1 saturated carbocycles. The summed E-state index contributed by atoms with van der Waals surface area (Å²) in [5.41, 5.74) is 2.04. The van der Waals surface area contributed by atoms with Crippen molar-refractivity contribution >= 4 is 47.1 Å². The van der Waals surface area contributed by atoms with Crippen LogP contribution in [0.4, 0.5) is 15.0 Å².